The van der Waals surface area contributed by atoms with Crippen LogP contribution in [0.3, 0.4) is 0 Å². The summed E-state index contributed by atoms with van der Waals surface area (Å²) < 4.78 is 5.51. The van der Waals surface area contributed by atoms with Crippen LogP contribution in [0.2, 0.25) is 0 Å². The van der Waals surface area contributed by atoms with E-state index in [-0.39, 0.29) is 12.3 Å². The molecular formula is C15H22N2O3. The van der Waals surface area contributed by atoms with E-state index in [9.17, 15) is 9.90 Å². The molecule has 2 N–H and O–H groups in total. The molecule has 0 aliphatic carbocycles. The molecule has 1 rings (SSSR count). The maximum atomic E-state index is 11.7. The minimum atomic E-state index is -1.19. The predicted molar refractivity (Wildman–Crippen MR) is 77.3 cm³/mol. The summed E-state index contributed by atoms with van der Waals surface area (Å²) in [5, 5.41) is 12.5. The van der Waals surface area contributed by atoms with Crippen molar-refractivity contribution < 1.29 is 14.6 Å². The van der Waals surface area contributed by atoms with E-state index in [1.165, 1.54) is 6.08 Å². The molecule has 0 saturated carbocycles. The minimum Gasteiger partial charge on any atom is -0.477 e. The highest BCUT2D eigenvalue weighted by Crippen LogP contribution is 2.15. The molecule has 110 valence electrons. The molecule has 0 bridgehead atoms. The molecule has 1 aromatic heterocycles. The minimum absolute atomic E-state index is 0.0259. The van der Waals surface area contributed by atoms with Crippen molar-refractivity contribution in [1.82, 2.24) is 10.3 Å². The highest BCUT2D eigenvalue weighted by atomic mass is 16.5. The zero-order chi connectivity index (χ0) is 15.0. The van der Waals surface area contributed by atoms with Gasteiger partial charge in [-0.1, -0.05) is 19.1 Å². The van der Waals surface area contributed by atoms with Crippen molar-refractivity contribution in [1.29, 1.82) is 0 Å². The number of carbonyl (C=O) groups excluding carboxylic acids is 1. The van der Waals surface area contributed by atoms with Crippen LogP contribution in [0, 0.1) is 0 Å². The van der Waals surface area contributed by atoms with Crippen LogP contribution >= 0.6 is 0 Å². The Balaban J connectivity index is 2.57. The van der Waals surface area contributed by atoms with Gasteiger partial charge in [-0.25, -0.2) is 4.98 Å². The van der Waals surface area contributed by atoms with Crippen molar-refractivity contribution in [3.8, 4) is 5.88 Å². The third kappa shape index (κ3) is 5.40. The van der Waals surface area contributed by atoms with Crippen molar-refractivity contribution in [2.75, 3.05) is 6.61 Å². The molecule has 0 aliphatic heterocycles. The summed E-state index contributed by atoms with van der Waals surface area (Å²) in [6.07, 6.45) is 3.87. The van der Waals surface area contributed by atoms with Gasteiger partial charge in [-0.15, -0.1) is 6.58 Å². The predicted octanol–water partition coefficient (Wildman–Crippen LogP) is 1.81. The lowest BCUT2D eigenvalue weighted by Gasteiger charge is -2.17. The van der Waals surface area contributed by atoms with Gasteiger partial charge in [-0.3, -0.25) is 4.79 Å². The Morgan fingerprint density at radius 2 is 2.40 bits per heavy atom. The quantitative estimate of drug-likeness (QED) is 0.711. The van der Waals surface area contributed by atoms with Gasteiger partial charge in [0, 0.05) is 18.3 Å². The standard InChI is InChI=1S/C15H22N2O3/c1-4-9-20-14-12(7-6-8-16-14)11-17-13(18)10-15(3,19)5-2/h5-8,19H,2,4,9-11H2,1,3H3,(H,17,18)/t15-/m0/s1. The molecule has 5 nitrogen and oxygen atoms in total. The van der Waals surface area contributed by atoms with Crippen LogP contribution < -0.4 is 10.1 Å². The Morgan fingerprint density at radius 1 is 1.65 bits per heavy atom. The SMILES string of the molecule is C=C[C@](C)(O)CC(=O)NCc1cccnc1OCCC. The molecule has 1 aromatic rings. The zero-order valence-electron chi connectivity index (χ0n) is 12.1. The highest BCUT2D eigenvalue weighted by Gasteiger charge is 2.20. The van der Waals surface area contributed by atoms with Crippen molar-refractivity contribution >= 4 is 5.91 Å². The second-order valence-corrected chi connectivity index (χ2v) is 4.83. The monoisotopic (exact) mass is 278 g/mol. The zero-order valence-corrected chi connectivity index (χ0v) is 12.1. The number of nitrogens with one attached hydrogen (secondary N) is 1. The van der Waals surface area contributed by atoms with Crippen molar-refractivity contribution in [2.45, 2.75) is 38.8 Å². The summed E-state index contributed by atoms with van der Waals surface area (Å²) in [5.74, 6) is 0.283. The van der Waals surface area contributed by atoms with Crippen LogP contribution in [0.25, 0.3) is 0 Å². The van der Waals surface area contributed by atoms with E-state index in [0.29, 0.717) is 19.0 Å². The molecule has 5 heteroatoms. The first-order chi connectivity index (χ1) is 9.48. The first-order valence-corrected chi connectivity index (χ1v) is 6.68. The molecule has 0 aliphatic rings. The van der Waals surface area contributed by atoms with Crippen molar-refractivity contribution in [3.05, 3.63) is 36.5 Å². The number of carbonyl (C=O) groups is 1. The first kappa shape index (κ1) is 16.2. The summed E-state index contributed by atoms with van der Waals surface area (Å²) in [6, 6.07) is 3.64. The topological polar surface area (TPSA) is 71.5 Å². The Morgan fingerprint density at radius 3 is 3.05 bits per heavy atom. The lowest BCUT2D eigenvalue weighted by atomic mass is 10.0. The van der Waals surface area contributed by atoms with Gasteiger partial charge in [-0.05, 0) is 19.4 Å². The number of aliphatic hydroxyl groups is 1. The lowest BCUT2D eigenvalue weighted by Crippen LogP contribution is -2.32. The van der Waals surface area contributed by atoms with Gasteiger partial charge < -0.3 is 15.2 Å². The molecule has 0 fully saturated rings. The maximum absolute atomic E-state index is 11.7. The van der Waals surface area contributed by atoms with Crippen LogP contribution in [0.1, 0.15) is 32.3 Å². The normalized spacial score (nSPS) is 13.3. The Kier molecular flexibility index (Phi) is 6.18. The van der Waals surface area contributed by atoms with E-state index in [1.807, 2.05) is 13.0 Å². The van der Waals surface area contributed by atoms with Crippen LogP contribution in [-0.2, 0) is 11.3 Å². The van der Waals surface area contributed by atoms with Gasteiger partial charge in [0.25, 0.3) is 0 Å². The first-order valence-electron chi connectivity index (χ1n) is 6.68. The van der Waals surface area contributed by atoms with Crippen LogP contribution in [0.15, 0.2) is 31.0 Å². The summed E-state index contributed by atoms with van der Waals surface area (Å²) in [7, 11) is 0. The molecule has 0 aromatic carbocycles. The molecule has 1 atom stereocenters. The van der Waals surface area contributed by atoms with Gasteiger partial charge in [0.2, 0.25) is 11.8 Å². The molecule has 20 heavy (non-hydrogen) atoms. The average molecular weight is 278 g/mol. The number of aromatic nitrogens is 1. The van der Waals surface area contributed by atoms with Gasteiger partial charge in [-0.2, -0.15) is 0 Å². The number of hydrogen-bond acceptors (Lipinski definition) is 4. The highest BCUT2D eigenvalue weighted by molar-refractivity contribution is 5.77. The summed E-state index contributed by atoms with van der Waals surface area (Å²) in [4.78, 5) is 15.9. The number of rotatable bonds is 8. The molecular weight excluding hydrogens is 256 g/mol. The van der Waals surface area contributed by atoms with Crippen LogP contribution in [-0.4, -0.2) is 28.2 Å². The molecule has 0 unspecified atom stereocenters. The van der Waals surface area contributed by atoms with Gasteiger partial charge in [0.1, 0.15) is 0 Å². The van der Waals surface area contributed by atoms with Crippen molar-refractivity contribution in [2.24, 2.45) is 0 Å². The Bertz CT molecular complexity index is 458. The van der Waals surface area contributed by atoms with Crippen molar-refractivity contribution in [3.63, 3.8) is 0 Å². The molecule has 0 saturated heterocycles. The third-order valence-corrected chi connectivity index (χ3v) is 2.73. The lowest BCUT2D eigenvalue weighted by molar-refractivity contribution is -0.124. The second-order valence-electron chi connectivity index (χ2n) is 4.83. The molecule has 0 radical (unpaired) electrons. The van der Waals surface area contributed by atoms with E-state index in [1.54, 1.807) is 19.2 Å². The number of amides is 1. The van der Waals surface area contributed by atoms with E-state index in [2.05, 4.69) is 16.9 Å². The number of ether oxygens (including phenoxy) is 1. The van der Waals surface area contributed by atoms with E-state index >= 15 is 0 Å². The van der Waals surface area contributed by atoms with Gasteiger partial charge in [0.15, 0.2) is 0 Å². The van der Waals surface area contributed by atoms with Crippen LogP contribution in [0.5, 0.6) is 5.88 Å². The van der Waals surface area contributed by atoms with E-state index in [4.69, 9.17) is 4.74 Å². The molecule has 1 heterocycles. The van der Waals surface area contributed by atoms with Gasteiger partial charge >= 0.3 is 0 Å². The average Bonchev–Trinajstić information content (AvgIpc) is 2.43. The number of hydrogen-bond donors (Lipinski definition) is 2. The van der Waals surface area contributed by atoms with Crippen LogP contribution in [0.4, 0.5) is 0 Å². The molecule has 1 amide bonds. The van der Waals surface area contributed by atoms with E-state index < -0.39 is 5.60 Å². The number of pyridine rings is 1. The fourth-order valence-electron chi connectivity index (χ4n) is 1.54. The second kappa shape index (κ2) is 7.65. The molecule has 0 spiro atoms. The summed E-state index contributed by atoms with van der Waals surface area (Å²) in [5.41, 5.74) is -0.381. The fraction of sp³-hybridized carbons (Fsp3) is 0.467. The Hall–Kier alpha value is -1.88. The van der Waals surface area contributed by atoms with E-state index in [0.717, 1.165) is 12.0 Å². The summed E-state index contributed by atoms with van der Waals surface area (Å²) >= 11 is 0. The van der Waals surface area contributed by atoms with Gasteiger partial charge in [0.05, 0.1) is 18.6 Å². The number of nitrogens with zero attached hydrogens (tertiary/aromatic N) is 1. The maximum Gasteiger partial charge on any atom is 0.223 e. The smallest absolute Gasteiger partial charge is 0.223 e. The largest absolute Gasteiger partial charge is 0.477 e. The Labute approximate surface area is 119 Å². The third-order valence-electron chi connectivity index (χ3n) is 2.73. The fourth-order valence-corrected chi connectivity index (χ4v) is 1.54. The summed E-state index contributed by atoms with van der Waals surface area (Å²) in [6.45, 7) is 7.95.